The topological polar surface area (TPSA) is 42.4 Å². The second kappa shape index (κ2) is 3.60. The molecule has 1 aromatic rings. The molecule has 1 rings (SSSR count). The SMILES string of the molecule is COc1cnc(Cl)c(BO)c1. The van der Waals surface area contributed by atoms with E-state index in [0.29, 0.717) is 16.4 Å². The first kappa shape index (κ1) is 8.36. The van der Waals surface area contributed by atoms with Crippen LogP contribution in [0.5, 0.6) is 5.75 Å². The van der Waals surface area contributed by atoms with E-state index in [2.05, 4.69) is 4.98 Å². The normalized spacial score (nSPS) is 9.36. The third-order valence-corrected chi connectivity index (χ3v) is 1.63. The van der Waals surface area contributed by atoms with Gasteiger partial charge in [-0.15, -0.1) is 0 Å². The Morgan fingerprint density at radius 2 is 2.45 bits per heavy atom. The van der Waals surface area contributed by atoms with Gasteiger partial charge in [0.05, 0.1) is 13.3 Å². The largest absolute Gasteiger partial charge is 0.495 e. The number of pyridine rings is 1. The van der Waals surface area contributed by atoms with Crippen LogP contribution in [0.4, 0.5) is 0 Å². The maximum atomic E-state index is 8.76. The van der Waals surface area contributed by atoms with E-state index in [1.54, 1.807) is 6.07 Å². The van der Waals surface area contributed by atoms with E-state index < -0.39 is 0 Å². The lowest BCUT2D eigenvalue weighted by Crippen LogP contribution is -2.16. The van der Waals surface area contributed by atoms with Crippen molar-refractivity contribution < 1.29 is 9.76 Å². The maximum Gasteiger partial charge on any atom is 0.308 e. The highest BCUT2D eigenvalue weighted by Gasteiger charge is 2.02. The van der Waals surface area contributed by atoms with Crippen molar-refractivity contribution in [2.75, 3.05) is 7.11 Å². The minimum absolute atomic E-state index is 0.122. The Hall–Kier alpha value is -0.735. The highest BCUT2D eigenvalue weighted by atomic mass is 35.5. The van der Waals surface area contributed by atoms with Gasteiger partial charge in [0.1, 0.15) is 10.9 Å². The summed E-state index contributed by atoms with van der Waals surface area (Å²) in [7, 11) is 1.41. The van der Waals surface area contributed by atoms with Crippen LogP contribution in [0, 0.1) is 0 Å². The predicted octanol–water partition coefficient (Wildman–Crippen LogP) is -0.287. The highest BCUT2D eigenvalue weighted by Crippen LogP contribution is 2.08. The van der Waals surface area contributed by atoms with Gasteiger partial charge < -0.3 is 9.76 Å². The molecule has 1 aromatic heterocycles. The smallest absolute Gasteiger partial charge is 0.308 e. The molecule has 0 amide bonds. The van der Waals surface area contributed by atoms with Crippen molar-refractivity contribution in [3.8, 4) is 5.75 Å². The summed E-state index contributed by atoms with van der Waals surface area (Å²) in [5.74, 6) is 0.596. The molecule has 0 spiro atoms. The summed E-state index contributed by atoms with van der Waals surface area (Å²) in [4.78, 5) is 3.80. The molecule has 1 heterocycles. The minimum atomic E-state index is -0.122. The van der Waals surface area contributed by atoms with Gasteiger partial charge in [0, 0.05) is 0 Å². The molecule has 11 heavy (non-hydrogen) atoms. The molecule has 1 N–H and O–H groups in total. The zero-order chi connectivity index (χ0) is 8.27. The number of rotatable bonds is 2. The van der Waals surface area contributed by atoms with Crippen LogP contribution in [0.3, 0.4) is 0 Å². The van der Waals surface area contributed by atoms with Crippen LogP contribution in [0.15, 0.2) is 12.3 Å². The molecule has 0 saturated heterocycles. The number of methoxy groups -OCH3 is 1. The molecule has 0 aliphatic carbocycles. The van der Waals surface area contributed by atoms with Crippen molar-refractivity contribution in [2.24, 2.45) is 0 Å². The van der Waals surface area contributed by atoms with Crippen LogP contribution in [-0.4, -0.2) is 24.6 Å². The summed E-state index contributed by atoms with van der Waals surface area (Å²) in [6, 6.07) is 1.65. The summed E-state index contributed by atoms with van der Waals surface area (Å²) in [6.45, 7) is 0. The average molecular weight is 171 g/mol. The van der Waals surface area contributed by atoms with Crippen molar-refractivity contribution in [1.29, 1.82) is 0 Å². The molecule has 0 unspecified atom stereocenters. The van der Waals surface area contributed by atoms with Crippen molar-refractivity contribution in [2.45, 2.75) is 0 Å². The fourth-order valence-electron chi connectivity index (χ4n) is 0.694. The number of hydrogen-bond acceptors (Lipinski definition) is 3. The number of aromatic nitrogens is 1. The van der Waals surface area contributed by atoms with Crippen molar-refractivity contribution in [3.63, 3.8) is 0 Å². The first-order chi connectivity index (χ1) is 5.27. The van der Waals surface area contributed by atoms with Crippen LogP contribution in [-0.2, 0) is 0 Å². The second-order valence-corrected chi connectivity index (χ2v) is 2.34. The first-order valence-corrected chi connectivity index (χ1v) is 3.45. The molecule has 5 heteroatoms. The van der Waals surface area contributed by atoms with Gasteiger partial charge in [-0.3, -0.25) is 0 Å². The summed E-state index contributed by atoms with van der Waals surface area (Å²) < 4.78 is 4.88. The molecule has 58 valence electrons. The van der Waals surface area contributed by atoms with Crippen LogP contribution < -0.4 is 10.2 Å². The van der Waals surface area contributed by atoms with Gasteiger partial charge >= 0.3 is 7.48 Å². The highest BCUT2D eigenvalue weighted by molar-refractivity contribution is 6.52. The molecular formula is C6H7BClNO2. The minimum Gasteiger partial charge on any atom is -0.495 e. The van der Waals surface area contributed by atoms with Crippen LogP contribution >= 0.6 is 11.6 Å². The predicted molar refractivity (Wildman–Crippen MR) is 44.8 cm³/mol. The second-order valence-electron chi connectivity index (χ2n) is 1.98. The molecular weight excluding hydrogens is 164 g/mol. The Bertz CT molecular complexity index is 256. The molecule has 0 aliphatic rings. The Kier molecular flexibility index (Phi) is 2.73. The molecule has 3 nitrogen and oxygen atoms in total. The lowest BCUT2D eigenvalue weighted by molar-refractivity contribution is 0.413. The fraction of sp³-hybridized carbons (Fsp3) is 0.167. The maximum absolute atomic E-state index is 8.76. The Labute approximate surface area is 70.2 Å². The molecule has 0 fully saturated rings. The monoisotopic (exact) mass is 171 g/mol. The third-order valence-electron chi connectivity index (χ3n) is 1.29. The van der Waals surface area contributed by atoms with Gasteiger partial charge in [-0.25, -0.2) is 4.98 Å². The molecule has 0 aliphatic heterocycles. The van der Waals surface area contributed by atoms with E-state index >= 15 is 0 Å². The third kappa shape index (κ3) is 1.85. The van der Waals surface area contributed by atoms with E-state index in [4.69, 9.17) is 21.4 Å². The fourth-order valence-corrected chi connectivity index (χ4v) is 0.857. The van der Waals surface area contributed by atoms with E-state index in [-0.39, 0.29) is 7.48 Å². The summed E-state index contributed by atoms with van der Waals surface area (Å²) in [5.41, 5.74) is 0.575. The molecule has 0 radical (unpaired) electrons. The van der Waals surface area contributed by atoms with E-state index in [0.717, 1.165) is 0 Å². The lowest BCUT2D eigenvalue weighted by atomic mass is 9.90. The first-order valence-electron chi connectivity index (χ1n) is 3.07. The number of ether oxygens (including phenoxy) is 1. The number of hydrogen-bond donors (Lipinski definition) is 1. The summed E-state index contributed by atoms with van der Waals surface area (Å²) in [5, 5.41) is 9.07. The Balaban J connectivity index is 3.02. The quantitative estimate of drug-likeness (QED) is 0.491. The van der Waals surface area contributed by atoms with Gasteiger partial charge in [-0.1, -0.05) is 11.6 Å². The lowest BCUT2D eigenvalue weighted by Gasteiger charge is -2.01. The molecule has 0 bridgehead atoms. The Morgan fingerprint density at radius 1 is 1.73 bits per heavy atom. The van der Waals surface area contributed by atoms with Gasteiger partial charge in [0.25, 0.3) is 0 Å². The van der Waals surface area contributed by atoms with Crippen molar-refractivity contribution in [3.05, 3.63) is 17.4 Å². The molecule has 0 atom stereocenters. The zero-order valence-corrected chi connectivity index (χ0v) is 6.80. The average Bonchev–Trinajstić information content (AvgIpc) is 2.05. The van der Waals surface area contributed by atoms with Gasteiger partial charge in [0.2, 0.25) is 0 Å². The summed E-state index contributed by atoms with van der Waals surface area (Å²) >= 11 is 5.63. The van der Waals surface area contributed by atoms with Gasteiger partial charge in [0.15, 0.2) is 0 Å². The number of halogens is 1. The number of nitrogens with zero attached hydrogens (tertiary/aromatic N) is 1. The van der Waals surface area contributed by atoms with Crippen LogP contribution in [0.25, 0.3) is 0 Å². The van der Waals surface area contributed by atoms with Crippen molar-refractivity contribution in [1.82, 2.24) is 4.98 Å². The van der Waals surface area contributed by atoms with E-state index in [1.807, 2.05) is 0 Å². The Morgan fingerprint density at radius 3 is 3.00 bits per heavy atom. The summed E-state index contributed by atoms with van der Waals surface area (Å²) in [6.07, 6.45) is 1.50. The van der Waals surface area contributed by atoms with Crippen molar-refractivity contribution >= 4 is 24.5 Å². The molecule has 0 aromatic carbocycles. The standard InChI is InChI=1S/C6H7BClNO2/c1-11-4-2-5(7-10)6(8)9-3-4/h2-3,7,10H,1H3. The van der Waals surface area contributed by atoms with Gasteiger partial charge in [-0.2, -0.15) is 0 Å². The molecule has 0 saturated carbocycles. The van der Waals surface area contributed by atoms with Crippen LogP contribution in [0.2, 0.25) is 5.15 Å². The van der Waals surface area contributed by atoms with E-state index in [9.17, 15) is 0 Å². The van der Waals surface area contributed by atoms with E-state index in [1.165, 1.54) is 13.3 Å². The van der Waals surface area contributed by atoms with Crippen LogP contribution in [0.1, 0.15) is 0 Å². The zero-order valence-electron chi connectivity index (χ0n) is 6.04. The van der Waals surface area contributed by atoms with Gasteiger partial charge in [-0.05, 0) is 11.5 Å².